The first-order chi connectivity index (χ1) is 8.06. The summed E-state index contributed by atoms with van der Waals surface area (Å²) < 4.78 is 4.36. The van der Waals surface area contributed by atoms with Crippen molar-refractivity contribution in [3.05, 3.63) is 41.6 Å². The Morgan fingerprint density at radius 2 is 2.00 bits per heavy atom. The van der Waals surface area contributed by atoms with Gasteiger partial charge in [0.1, 0.15) is 0 Å². The molecule has 0 aliphatic heterocycles. The maximum Gasteiger partial charge on any atom is 0.346 e. The lowest BCUT2D eigenvalue weighted by Crippen LogP contribution is -2.15. The van der Waals surface area contributed by atoms with Crippen LogP contribution in [0.3, 0.4) is 0 Å². The van der Waals surface area contributed by atoms with Gasteiger partial charge in [0.25, 0.3) is 0 Å². The van der Waals surface area contributed by atoms with Crippen LogP contribution in [0.1, 0.15) is 5.56 Å². The van der Waals surface area contributed by atoms with Gasteiger partial charge < -0.3 is 15.2 Å². The summed E-state index contributed by atoms with van der Waals surface area (Å²) >= 11 is 0. The third-order valence-corrected chi connectivity index (χ3v) is 2.15. The molecule has 17 heavy (non-hydrogen) atoms. The van der Waals surface area contributed by atoms with Gasteiger partial charge in [-0.05, 0) is 18.6 Å². The molecule has 5 nitrogen and oxygen atoms in total. The van der Waals surface area contributed by atoms with E-state index < -0.39 is 17.5 Å². The number of benzene rings is 1. The van der Waals surface area contributed by atoms with Crippen LogP contribution < -0.4 is 5.32 Å². The number of para-hydroxylation sites is 1. The minimum Gasteiger partial charge on any atom is -0.477 e. The van der Waals surface area contributed by atoms with Crippen molar-refractivity contribution in [2.45, 2.75) is 6.92 Å². The molecule has 1 aromatic carbocycles. The zero-order valence-corrected chi connectivity index (χ0v) is 9.56. The number of aryl methyl sites for hydroxylation is 1. The molecule has 5 heteroatoms. The van der Waals surface area contributed by atoms with E-state index in [1.54, 1.807) is 6.07 Å². The Labute approximate surface area is 98.7 Å². The van der Waals surface area contributed by atoms with Gasteiger partial charge in [-0.25, -0.2) is 9.59 Å². The highest BCUT2D eigenvalue weighted by atomic mass is 16.5. The molecule has 0 unspecified atom stereocenters. The molecule has 0 radical (unpaired) electrons. The smallest absolute Gasteiger partial charge is 0.346 e. The molecule has 90 valence electrons. The van der Waals surface area contributed by atoms with Crippen molar-refractivity contribution in [3.63, 3.8) is 0 Å². The summed E-state index contributed by atoms with van der Waals surface area (Å²) in [6.07, 6.45) is 1.12. The van der Waals surface area contributed by atoms with Gasteiger partial charge in [0.05, 0.1) is 7.11 Å². The van der Waals surface area contributed by atoms with E-state index in [9.17, 15) is 9.59 Å². The van der Waals surface area contributed by atoms with Crippen molar-refractivity contribution in [1.29, 1.82) is 0 Å². The Bertz CT molecular complexity index is 465. The zero-order chi connectivity index (χ0) is 12.8. The summed E-state index contributed by atoms with van der Waals surface area (Å²) in [5.74, 6) is -2.23. The fourth-order valence-corrected chi connectivity index (χ4v) is 1.20. The molecule has 0 saturated carbocycles. The topological polar surface area (TPSA) is 75.6 Å². The summed E-state index contributed by atoms with van der Waals surface area (Å²) in [6.45, 7) is 1.87. The van der Waals surface area contributed by atoms with E-state index in [4.69, 9.17) is 5.11 Å². The highest BCUT2D eigenvalue weighted by molar-refractivity contribution is 6.13. The maximum atomic E-state index is 11.1. The third kappa shape index (κ3) is 3.34. The standard InChI is InChI=1S/C12H13NO4/c1-8-5-3-4-6-10(8)13-7-9(11(14)15)12(16)17-2/h3-7,13H,1-2H3,(H,14,15). The fourth-order valence-electron chi connectivity index (χ4n) is 1.20. The average molecular weight is 235 g/mol. The van der Waals surface area contributed by atoms with Crippen LogP contribution in [0.4, 0.5) is 5.69 Å². The van der Waals surface area contributed by atoms with E-state index in [-0.39, 0.29) is 0 Å². The van der Waals surface area contributed by atoms with Gasteiger partial charge in [-0.2, -0.15) is 0 Å². The quantitative estimate of drug-likeness (QED) is 0.358. The number of hydrogen-bond donors (Lipinski definition) is 2. The van der Waals surface area contributed by atoms with Crippen LogP contribution >= 0.6 is 0 Å². The number of esters is 1. The molecule has 0 heterocycles. The third-order valence-electron chi connectivity index (χ3n) is 2.15. The molecule has 0 amide bonds. The molecular formula is C12H13NO4. The van der Waals surface area contributed by atoms with Gasteiger partial charge >= 0.3 is 11.9 Å². The average Bonchev–Trinajstić information content (AvgIpc) is 2.30. The zero-order valence-electron chi connectivity index (χ0n) is 9.56. The SMILES string of the molecule is COC(=O)C(=CNc1ccccc1C)C(=O)O. The molecule has 0 bridgehead atoms. The number of carbonyl (C=O) groups excluding carboxylic acids is 1. The molecule has 0 aliphatic carbocycles. The number of rotatable bonds is 4. The molecule has 1 rings (SSSR count). The minimum absolute atomic E-state index is 0.448. The first-order valence-electron chi connectivity index (χ1n) is 4.90. The normalized spacial score (nSPS) is 10.8. The van der Waals surface area contributed by atoms with Crippen molar-refractivity contribution in [2.75, 3.05) is 12.4 Å². The van der Waals surface area contributed by atoms with Crippen LogP contribution in [0.5, 0.6) is 0 Å². The van der Waals surface area contributed by atoms with E-state index in [0.29, 0.717) is 0 Å². The molecule has 0 atom stereocenters. The number of aliphatic carboxylic acids is 1. The van der Waals surface area contributed by atoms with Crippen molar-refractivity contribution in [2.24, 2.45) is 0 Å². The summed E-state index contributed by atoms with van der Waals surface area (Å²) in [4.78, 5) is 21.9. The maximum absolute atomic E-state index is 11.1. The van der Waals surface area contributed by atoms with E-state index in [1.165, 1.54) is 0 Å². The van der Waals surface area contributed by atoms with Gasteiger partial charge in [-0.15, -0.1) is 0 Å². The summed E-state index contributed by atoms with van der Waals surface area (Å²) in [5, 5.41) is 11.6. The predicted octanol–water partition coefficient (Wildman–Crippen LogP) is 1.55. The fraction of sp³-hybridized carbons (Fsp3) is 0.167. The molecule has 0 aromatic heterocycles. The van der Waals surface area contributed by atoms with Gasteiger partial charge in [-0.1, -0.05) is 18.2 Å². The second-order valence-electron chi connectivity index (χ2n) is 3.31. The lowest BCUT2D eigenvalue weighted by atomic mass is 10.2. The Morgan fingerprint density at radius 3 is 2.53 bits per heavy atom. The highest BCUT2D eigenvalue weighted by Gasteiger charge is 2.17. The number of methoxy groups -OCH3 is 1. The number of carboxylic acids is 1. The van der Waals surface area contributed by atoms with Crippen LogP contribution in [0.25, 0.3) is 0 Å². The number of nitrogens with one attached hydrogen (secondary N) is 1. The van der Waals surface area contributed by atoms with Gasteiger partial charge in [0.15, 0.2) is 5.57 Å². The monoisotopic (exact) mass is 235 g/mol. The van der Waals surface area contributed by atoms with Crippen LogP contribution in [0, 0.1) is 6.92 Å². The molecule has 2 N–H and O–H groups in total. The largest absolute Gasteiger partial charge is 0.477 e. The highest BCUT2D eigenvalue weighted by Crippen LogP contribution is 2.13. The molecule has 0 saturated heterocycles. The first-order valence-corrected chi connectivity index (χ1v) is 4.90. The van der Waals surface area contributed by atoms with Crippen molar-refractivity contribution in [1.82, 2.24) is 0 Å². The Kier molecular flexibility index (Phi) is 4.28. The lowest BCUT2D eigenvalue weighted by Gasteiger charge is -2.06. The Hall–Kier alpha value is -2.30. The summed E-state index contributed by atoms with van der Waals surface area (Å²) in [5.41, 5.74) is 1.23. The van der Waals surface area contributed by atoms with E-state index in [1.807, 2.05) is 25.1 Å². The van der Waals surface area contributed by atoms with Crippen LogP contribution in [0.15, 0.2) is 36.0 Å². The van der Waals surface area contributed by atoms with Crippen molar-refractivity contribution in [3.8, 4) is 0 Å². The van der Waals surface area contributed by atoms with Gasteiger partial charge in [-0.3, -0.25) is 0 Å². The second kappa shape index (κ2) is 5.69. The van der Waals surface area contributed by atoms with E-state index in [0.717, 1.165) is 24.6 Å². The van der Waals surface area contributed by atoms with Crippen LogP contribution in [0.2, 0.25) is 0 Å². The second-order valence-corrected chi connectivity index (χ2v) is 3.31. The van der Waals surface area contributed by atoms with Crippen LogP contribution in [-0.4, -0.2) is 24.2 Å². The van der Waals surface area contributed by atoms with Crippen molar-refractivity contribution < 1.29 is 19.4 Å². The molecule has 0 fully saturated rings. The predicted molar refractivity (Wildman–Crippen MR) is 62.5 cm³/mol. The van der Waals surface area contributed by atoms with Gasteiger partial charge in [0.2, 0.25) is 0 Å². The Balaban J connectivity index is 2.91. The summed E-state index contributed by atoms with van der Waals surface area (Å²) in [7, 11) is 1.13. The van der Waals surface area contributed by atoms with E-state index in [2.05, 4.69) is 10.1 Å². The number of carbonyl (C=O) groups is 2. The molecular weight excluding hydrogens is 222 g/mol. The van der Waals surface area contributed by atoms with E-state index >= 15 is 0 Å². The number of ether oxygens (including phenoxy) is 1. The number of carboxylic acid groups (broad SMARTS) is 1. The summed E-state index contributed by atoms with van der Waals surface area (Å²) in [6, 6.07) is 7.32. The van der Waals surface area contributed by atoms with Gasteiger partial charge in [0, 0.05) is 11.9 Å². The molecule has 1 aromatic rings. The number of anilines is 1. The Morgan fingerprint density at radius 1 is 1.35 bits per heavy atom. The molecule has 0 aliphatic rings. The van der Waals surface area contributed by atoms with Crippen LogP contribution in [-0.2, 0) is 14.3 Å². The first kappa shape index (κ1) is 12.8. The lowest BCUT2D eigenvalue weighted by molar-refractivity contribution is -0.142. The number of hydrogen-bond acceptors (Lipinski definition) is 4. The van der Waals surface area contributed by atoms with Crippen molar-refractivity contribution >= 4 is 17.6 Å². The molecule has 0 spiro atoms. The minimum atomic E-state index is -1.34.